The molecule has 4 nitrogen and oxygen atoms in total. The van der Waals surface area contributed by atoms with Crippen LogP contribution in [0.1, 0.15) is 10.4 Å². The molecule has 0 bridgehead atoms. The van der Waals surface area contributed by atoms with E-state index in [0.717, 1.165) is 0 Å². The van der Waals surface area contributed by atoms with Crippen molar-refractivity contribution in [3.63, 3.8) is 0 Å². The molecule has 0 atom stereocenters. The number of amides is 1. The number of nitrogens with two attached hydrogens (primary N) is 1. The topological polar surface area (TPSA) is 77.2 Å². The molecule has 1 aromatic carbocycles. The van der Waals surface area contributed by atoms with E-state index in [9.17, 15) is 13.2 Å². The molecule has 76 valence electrons. The van der Waals surface area contributed by atoms with Crippen LogP contribution in [-0.4, -0.2) is 14.3 Å². The van der Waals surface area contributed by atoms with Crippen LogP contribution in [0.25, 0.3) is 0 Å². The van der Waals surface area contributed by atoms with Gasteiger partial charge in [-0.05, 0) is 34.1 Å². The van der Waals surface area contributed by atoms with Gasteiger partial charge in [0.25, 0.3) is 9.05 Å². The van der Waals surface area contributed by atoms with Crippen molar-refractivity contribution in [1.29, 1.82) is 0 Å². The van der Waals surface area contributed by atoms with E-state index in [1.807, 2.05) is 0 Å². The van der Waals surface area contributed by atoms with Gasteiger partial charge in [0.15, 0.2) is 0 Å². The summed E-state index contributed by atoms with van der Waals surface area (Å²) >= 11 is 2.98. The van der Waals surface area contributed by atoms with E-state index in [4.69, 9.17) is 16.4 Å². The Balaban J connectivity index is 3.35. The Kier molecular flexibility index (Phi) is 3.18. The van der Waals surface area contributed by atoms with Crippen molar-refractivity contribution in [3.05, 3.63) is 28.2 Å². The average molecular weight is 299 g/mol. The number of primary amides is 1. The Bertz CT molecular complexity index is 486. The molecule has 1 amide bonds. The van der Waals surface area contributed by atoms with Gasteiger partial charge in [-0.1, -0.05) is 0 Å². The number of carbonyl (C=O) groups excluding carboxylic acids is 1. The molecule has 0 saturated carbocycles. The minimum atomic E-state index is -3.80. The lowest BCUT2D eigenvalue weighted by Crippen LogP contribution is -2.11. The number of halogens is 2. The molecule has 7 heteroatoms. The molecule has 0 heterocycles. The van der Waals surface area contributed by atoms with E-state index >= 15 is 0 Å². The van der Waals surface area contributed by atoms with E-state index in [-0.39, 0.29) is 14.9 Å². The predicted molar refractivity (Wildman–Crippen MR) is 55.7 cm³/mol. The number of hydrogen-bond donors (Lipinski definition) is 1. The van der Waals surface area contributed by atoms with Crippen molar-refractivity contribution >= 4 is 41.6 Å². The molecule has 1 rings (SSSR count). The Labute approximate surface area is 93.6 Å². The fourth-order valence-electron chi connectivity index (χ4n) is 0.852. The average Bonchev–Trinajstić information content (AvgIpc) is 2.01. The van der Waals surface area contributed by atoms with E-state index in [0.29, 0.717) is 0 Å². The Hall–Kier alpha value is -0.590. The van der Waals surface area contributed by atoms with Crippen LogP contribution in [0.2, 0.25) is 0 Å². The molecule has 0 saturated heterocycles. The largest absolute Gasteiger partial charge is 0.366 e. The molecular formula is C7H5BrClNO3S. The summed E-state index contributed by atoms with van der Waals surface area (Å²) in [6.07, 6.45) is 0. The summed E-state index contributed by atoms with van der Waals surface area (Å²) in [5, 5.41) is 0. The second-order valence-corrected chi connectivity index (χ2v) is 5.84. The summed E-state index contributed by atoms with van der Waals surface area (Å²) < 4.78 is 22.1. The normalized spacial score (nSPS) is 11.3. The summed E-state index contributed by atoms with van der Waals surface area (Å²) in [6, 6.07) is 3.81. The summed E-state index contributed by atoms with van der Waals surface area (Å²) in [4.78, 5) is 10.6. The van der Waals surface area contributed by atoms with Gasteiger partial charge >= 0.3 is 0 Å². The lowest BCUT2D eigenvalue weighted by molar-refractivity contribution is 0.1000. The summed E-state index contributed by atoms with van der Waals surface area (Å²) in [5.41, 5.74) is 5.21. The number of hydrogen-bond acceptors (Lipinski definition) is 3. The Morgan fingerprint density at radius 1 is 1.43 bits per heavy atom. The number of benzene rings is 1. The van der Waals surface area contributed by atoms with Gasteiger partial charge < -0.3 is 5.73 Å². The highest BCUT2D eigenvalue weighted by atomic mass is 79.9. The third kappa shape index (κ3) is 2.46. The first-order valence-electron chi connectivity index (χ1n) is 3.36. The minimum Gasteiger partial charge on any atom is -0.366 e. The van der Waals surface area contributed by atoms with Gasteiger partial charge in [-0.15, -0.1) is 0 Å². The van der Waals surface area contributed by atoms with Crippen molar-refractivity contribution < 1.29 is 13.2 Å². The zero-order valence-corrected chi connectivity index (χ0v) is 9.86. The first kappa shape index (κ1) is 11.5. The minimum absolute atomic E-state index is 0.0934. The maximum absolute atomic E-state index is 11.0. The summed E-state index contributed by atoms with van der Waals surface area (Å²) in [6.45, 7) is 0. The smallest absolute Gasteiger partial charge is 0.262 e. The van der Waals surface area contributed by atoms with Gasteiger partial charge in [0.2, 0.25) is 5.91 Å². The summed E-state index contributed by atoms with van der Waals surface area (Å²) in [5.74, 6) is -0.635. The molecule has 0 radical (unpaired) electrons. The van der Waals surface area contributed by atoms with Crippen molar-refractivity contribution in [2.45, 2.75) is 4.90 Å². The molecule has 0 unspecified atom stereocenters. The monoisotopic (exact) mass is 297 g/mol. The molecule has 0 aliphatic rings. The van der Waals surface area contributed by atoms with Crippen LogP contribution in [0.3, 0.4) is 0 Å². The van der Waals surface area contributed by atoms with Crippen LogP contribution >= 0.6 is 26.6 Å². The van der Waals surface area contributed by atoms with Crippen molar-refractivity contribution in [3.8, 4) is 0 Å². The van der Waals surface area contributed by atoms with Crippen LogP contribution in [-0.2, 0) is 9.05 Å². The fraction of sp³-hybridized carbons (Fsp3) is 0. The molecule has 0 spiro atoms. The molecule has 1 aromatic rings. The lowest BCUT2D eigenvalue weighted by atomic mass is 10.2. The SMILES string of the molecule is NC(=O)c1ccc(S(=O)(=O)Cl)c(Br)c1. The summed E-state index contributed by atoms with van der Waals surface area (Å²) in [7, 11) is 1.32. The van der Waals surface area contributed by atoms with E-state index in [1.54, 1.807) is 0 Å². The van der Waals surface area contributed by atoms with E-state index in [1.165, 1.54) is 18.2 Å². The van der Waals surface area contributed by atoms with Crippen LogP contribution in [0, 0.1) is 0 Å². The molecule has 0 fully saturated rings. The van der Waals surface area contributed by atoms with Crippen LogP contribution in [0.15, 0.2) is 27.6 Å². The highest BCUT2D eigenvalue weighted by molar-refractivity contribution is 9.10. The van der Waals surface area contributed by atoms with E-state index < -0.39 is 15.0 Å². The second-order valence-electron chi connectivity index (χ2n) is 2.45. The predicted octanol–water partition coefficient (Wildman–Crippen LogP) is 1.48. The maximum Gasteiger partial charge on any atom is 0.262 e. The first-order chi connectivity index (χ1) is 6.32. The Morgan fingerprint density at radius 2 is 2.00 bits per heavy atom. The van der Waals surface area contributed by atoms with Gasteiger partial charge in [0, 0.05) is 20.7 Å². The maximum atomic E-state index is 11.0. The van der Waals surface area contributed by atoms with Gasteiger partial charge in [-0.2, -0.15) is 0 Å². The second kappa shape index (κ2) is 3.88. The third-order valence-electron chi connectivity index (χ3n) is 1.48. The van der Waals surface area contributed by atoms with Gasteiger partial charge in [-0.25, -0.2) is 8.42 Å². The van der Waals surface area contributed by atoms with Gasteiger partial charge in [0.05, 0.1) is 4.90 Å². The third-order valence-corrected chi connectivity index (χ3v) is 3.78. The first-order valence-corrected chi connectivity index (χ1v) is 6.46. The van der Waals surface area contributed by atoms with Gasteiger partial charge in [-0.3, -0.25) is 4.79 Å². The molecule has 0 aliphatic carbocycles. The van der Waals surface area contributed by atoms with Crippen LogP contribution in [0.4, 0.5) is 0 Å². The lowest BCUT2D eigenvalue weighted by Gasteiger charge is -2.01. The zero-order chi connectivity index (χ0) is 10.9. The molecule has 0 aliphatic heterocycles. The standard InChI is InChI=1S/C7H5BrClNO3S/c8-5-3-4(7(10)11)1-2-6(5)14(9,12)13/h1-3H,(H2,10,11). The van der Waals surface area contributed by atoms with Crippen molar-refractivity contribution in [1.82, 2.24) is 0 Å². The molecule has 14 heavy (non-hydrogen) atoms. The Morgan fingerprint density at radius 3 is 2.36 bits per heavy atom. The number of carbonyl (C=O) groups is 1. The van der Waals surface area contributed by atoms with E-state index in [2.05, 4.69) is 15.9 Å². The van der Waals surface area contributed by atoms with Crippen molar-refractivity contribution in [2.24, 2.45) is 5.73 Å². The quantitative estimate of drug-likeness (QED) is 0.840. The van der Waals surface area contributed by atoms with Crippen LogP contribution < -0.4 is 5.73 Å². The molecule has 0 aromatic heterocycles. The fourth-order valence-corrected chi connectivity index (χ4v) is 3.08. The molecule has 2 N–H and O–H groups in total. The zero-order valence-electron chi connectivity index (χ0n) is 6.70. The van der Waals surface area contributed by atoms with Crippen molar-refractivity contribution in [2.75, 3.05) is 0 Å². The highest BCUT2D eigenvalue weighted by Gasteiger charge is 2.15. The number of rotatable bonds is 2. The van der Waals surface area contributed by atoms with Crippen LogP contribution in [0.5, 0.6) is 0 Å². The highest BCUT2D eigenvalue weighted by Crippen LogP contribution is 2.25. The molecular weight excluding hydrogens is 294 g/mol. The van der Waals surface area contributed by atoms with Gasteiger partial charge in [0.1, 0.15) is 0 Å².